The van der Waals surface area contributed by atoms with Crippen LogP contribution >= 0.6 is 0 Å². The van der Waals surface area contributed by atoms with E-state index in [1.807, 2.05) is 30.3 Å². The molecule has 0 fully saturated rings. The predicted molar refractivity (Wildman–Crippen MR) is 108 cm³/mol. The van der Waals surface area contributed by atoms with E-state index in [1.54, 1.807) is 6.26 Å². The quantitative estimate of drug-likeness (QED) is 0.391. The normalized spacial score (nSPS) is 13.8. The van der Waals surface area contributed by atoms with Crippen molar-refractivity contribution in [1.82, 2.24) is 10.6 Å². The van der Waals surface area contributed by atoms with Crippen LogP contribution < -0.4 is 20.1 Å². The van der Waals surface area contributed by atoms with E-state index in [0.29, 0.717) is 33.0 Å². The number of fused-ring (bicyclic) bond motifs is 1. The number of rotatable bonds is 9. The minimum atomic E-state index is 0.505. The maximum atomic E-state index is 5.75. The average Bonchev–Trinajstić information content (AvgIpc) is 3.12. The van der Waals surface area contributed by atoms with Crippen LogP contribution in [0.15, 0.2) is 46.0 Å². The van der Waals surface area contributed by atoms with E-state index < -0.39 is 0 Å². The van der Waals surface area contributed by atoms with Gasteiger partial charge in [-0.2, -0.15) is 0 Å². The van der Waals surface area contributed by atoms with Crippen molar-refractivity contribution < 1.29 is 18.6 Å². The summed E-state index contributed by atoms with van der Waals surface area (Å²) in [7, 11) is 0. The van der Waals surface area contributed by atoms with E-state index in [4.69, 9.17) is 18.6 Å². The van der Waals surface area contributed by atoms with Crippen molar-refractivity contribution >= 4 is 5.96 Å². The van der Waals surface area contributed by atoms with Crippen molar-refractivity contribution in [3.8, 4) is 11.5 Å². The lowest BCUT2D eigenvalue weighted by atomic mass is 10.2. The molecule has 152 valence electrons. The van der Waals surface area contributed by atoms with Gasteiger partial charge in [-0.25, -0.2) is 4.99 Å². The molecule has 2 N–H and O–H groups in total. The predicted octanol–water partition coefficient (Wildman–Crippen LogP) is 3.10. The molecule has 0 spiro atoms. The van der Waals surface area contributed by atoms with Gasteiger partial charge in [0.05, 0.1) is 26.0 Å². The molecule has 0 unspecified atom stereocenters. The average molecular weight is 387 g/mol. The highest BCUT2D eigenvalue weighted by atomic mass is 16.5. The maximum Gasteiger partial charge on any atom is 0.191 e. The summed E-state index contributed by atoms with van der Waals surface area (Å²) in [5.74, 6) is 3.25. The Hall–Kier alpha value is -2.67. The Bertz CT molecular complexity index is 731. The molecule has 2 aromatic rings. The van der Waals surface area contributed by atoms with Gasteiger partial charge in [-0.15, -0.1) is 0 Å². The molecular formula is C21H29N3O4. The lowest BCUT2D eigenvalue weighted by molar-refractivity contribution is 0.105. The zero-order chi connectivity index (χ0) is 19.4. The Balaban J connectivity index is 1.42. The largest absolute Gasteiger partial charge is 0.490 e. The standard InChI is InChI=1S/C21H29N3O4/c1-2-22-21(23-9-4-10-25-16-18-6-3-11-26-18)24-15-17-7-8-19-20(14-17)28-13-5-12-27-19/h3,6-8,11,14H,2,4-5,9-10,12-13,15-16H2,1H3,(H2,22,23,24). The van der Waals surface area contributed by atoms with Gasteiger partial charge >= 0.3 is 0 Å². The molecule has 0 bridgehead atoms. The topological polar surface area (TPSA) is 77.3 Å². The van der Waals surface area contributed by atoms with Crippen LogP contribution in [0.3, 0.4) is 0 Å². The molecule has 1 aromatic carbocycles. The first-order valence-corrected chi connectivity index (χ1v) is 9.86. The van der Waals surface area contributed by atoms with Crippen LogP contribution in [0.1, 0.15) is 31.1 Å². The molecule has 7 nitrogen and oxygen atoms in total. The monoisotopic (exact) mass is 387 g/mol. The van der Waals surface area contributed by atoms with Gasteiger partial charge in [0.25, 0.3) is 0 Å². The van der Waals surface area contributed by atoms with Crippen molar-refractivity contribution in [3.63, 3.8) is 0 Å². The van der Waals surface area contributed by atoms with Gasteiger partial charge in [0.15, 0.2) is 17.5 Å². The fourth-order valence-corrected chi connectivity index (χ4v) is 2.77. The van der Waals surface area contributed by atoms with E-state index in [1.165, 1.54) is 0 Å². The third-order valence-corrected chi connectivity index (χ3v) is 4.16. The SMILES string of the molecule is CCNC(=NCc1ccc2c(c1)OCCCO2)NCCCOCc1ccco1. The number of ether oxygens (including phenoxy) is 3. The molecule has 0 saturated heterocycles. The molecule has 3 rings (SSSR count). The summed E-state index contributed by atoms with van der Waals surface area (Å²) in [5, 5.41) is 6.60. The molecule has 0 atom stereocenters. The number of guanidine groups is 1. The van der Waals surface area contributed by atoms with Gasteiger partial charge in [0.2, 0.25) is 0 Å². The minimum Gasteiger partial charge on any atom is -0.490 e. The zero-order valence-corrected chi connectivity index (χ0v) is 16.4. The summed E-state index contributed by atoms with van der Waals surface area (Å²) < 4.78 is 22.3. The molecule has 1 aromatic heterocycles. The smallest absolute Gasteiger partial charge is 0.191 e. The Morgan fingerprint density at radius 2 is 2.04 bits per heavy atom. The second-order valence-corrected chi connectivity index (χ2v) is 6.44. The number of hydrogen-bond donors (Lipinski definition) is 2. The molecule has 2 heterocycles. The maximum absolute atomic E-state index is 5.75. The molecule has 0 radical (unpaired) electrons. The van der Waals surface area contributed by atoms with Crippen molar-refractivity contribution in [2.75, 3.05) is 32.9 Å². The molecule has 0 amide bonds. The Morgan fingerprint density at radius 1 is 1.14 bits per heavy atom. The number of aliphatic imine (C=N–C) groups is 1. The van der Waals surface area contributed by atoms with Gasteiger partial charge in [-0.3, -0.25) is 0 Å². The first kappa shape index (κ1) is 20.1. The highest BCUT2D eigenvalue weighted by Crippen LogP contribution is 2.30. The van der Waals surface area contributed by atoms with E-state index in [0.717, 1.165) is 54.7 Å². The number of nitrogens with one attached hydrogen (secondary N) is 2. The molecular weight excluding hydrogens is 358 g/mol. The number of benzene rings is 1. The van der Waals surface area contributed by atoms with E-state index in [-0.39, 0.29) is 0 Å². The van der Waals surface area contributed by atoms with Crippen LogP contribution in [-0.2, 0) is 17.9 Å². The van der Waals surface area contributed by atoms with E-state index >= 15 is 0 Å². The van der Waals surface area contributed by atoms with Gasteiger partial charge < -0.3 is 29.3 Å². The number of hydrogen-bond acceptors (Lipinski definition) is 5. The van der Waals surface area contributed by atoms with Crippen molar-refractivity contribution in [2.45, 2.75) is 32.9 Å². The van der Waals surface area contributed by atoms with E-state index in [2.05, 4.69) is 22.5 Å². The molecule has 1 aliphatic heterocycles. The Kier molecular flexibility index (Phi) is 8.06. The first-order chi connectivity index (χ1) is 13.8. The van der Waals surface area contributed by atoms with E-state index in [9.17, 15) is 0 Å². The summed E-state index contributed by atoms with van der Waals surface area (Å²) in [6.45, 7) is 6.77. The zero-order valence-electron chi connectivity index (χ0n) is 16.4. The van der Waals surface area contributed by atoms with Crippen LogP contribution in [0.4, 0.5) is 0 Å². The summed E-state index contributed by atoms with van der Waals surface area (Å²) in [6.07, 6.45) is 3.44. The third kappa shape index (κ3) is 6.49. The molecule has 28 heavy (non-hydrogen) atoms. The van der Waals surface area contributed by atoms with Crippen LogP contribution in [0, 0.1) is 0 Å². The highest BCUT2D eigenvalue weighted by Gasteiger charge is 2.10. The minimum absolute atomic E-state index is 0.505. The summed E-state index contributed by atoms with van der Waals surface area (Å²) >= 11 is 0. The Labute approximate surface area is 166 Å². The second-order valence-electron chi connectivity index (χ2n) is 6.44. The summed E-state index contributed by atoms with van der Waals surface area (Å²) in [5.41, 5.74) is 1.09. The molecule has 0 saturated carbocycles. The van der Waals surface area contributed by atoms with Gasteiger partial charge in [-0.05, 0) is 43.2 Å². The molecule has 7 heteroatoms. The summed E-state index contributed by atoms with van der Waals surface area (Å²) in [6, 6.07) is 9.78. The fourth-order valence-electron chi connectivity index (χ4n) is 2.77. The first-order valence-electron chi connectivity index (χ1n) is 9.86. The number of nitrogens with zero attached hydrogens (tertiary/aromatic N) is 1. The Morgan fingerprint density at radius 3 is 2.86 bits per heavy atom. The van der Waals surface area contributed by atoms with Crippen molar-refractivity contribution in [2.24, 2.45) is 4.99 Å². The van der Waals surface area contributed by atoms with Gasteiger partial charge in [-0.1, -0.05) is 6.07 Å². The molecule has 0 aliphatic carbocycles. The lowest BCUT2D eigenvalue weighted by Gasteiger charge is -2.12. The second kappa shape index (κ2) is 11.2. The highest BCUT2D eigenvalue weighted by molar-refractivity contribution is 5.79. The van der Waals surface area contributed by atoms with Crippen LogP contribution in [0.25, 0.3) is 0 Å². The summed E-state index contributed by atoms with van der Waals surface area (Å²) in [4.78, 5) is 4.66. The van der Waals surface area contributed by atoms with Crippen LogP contribution in [0.2, 0.25) is 0 Å². The van der Waals surface area contributed by atoms with Crippen molar-refractivity contribution in [3.05, 3.63) is 47.9 Å². The van der Waals surface area contributed by atoms with Gasteiger partial charge in [0.1, 0.15) is 12.4 Å². The van der Waals surface area contributed by atoms with Crippen LogP contribution in [-0.4, -0.2) is 38.9 Å². The number of furan rings is 1. The fraction of sp³-hybridized carbons (Fsp3) is 0.476. The van der Waals surface area contributed by atoms with Crippen molar-refractivity contribution in [1.29, 1.82) is 0 Å². The van der Waals surface area contributed by atoms with Crippen LogP contribution in [0.5, 0.6) is 11.5 Å². The van der Waals surface area contributed by atoms with Gasteiger partial charge in [0, 0.05) is 26.1 Å². The molecule has 1 aliphatic rings. The third-order valence-electron chi connectivity index (χ3n) is 4.16. The lowest BCUT2D eigenvalue weighted by Crippen LogP contribution is -2.38.